The molecule has 5 nitrogen and oxygen atoms in total. The highest BCUT2D eigenvalue weighted by atomic mass is 35.5. The molecule has 138 valence electrons. The molecule has 2 aromatic heterocycles. The van der Waals surface area contributed by atoms with Crippen molar-refractivity contribution in [1.82, 2.24) is 19.3 Å². The Labute approximate surface area is 167 Å². The molecule has 0 amide bonds. The van der Waals surface area contributed by atoms with E-state index in [0.29, 0.717) is 11.5 Å². The number of hydrogen-bond donors (Lipinski definition) is 1. The highest BCUT2D eigenvalue weighted by molar-refractivity contribution is 7.97. The van der Waals surface area contributed by atoms with Gasteiger partial charge in [-0.25, -0.2) is 9.29 Å². The van der Waals surface area contributed by atoms with Gasteiger partial charge in [-0.3, -0.25) is 9.78 Å². The number of aromatic nitrogens is 3. The topological polar surface area (TPSA) is 61.9 Å². The number of H-pyrrole nitrogens is 1. The van der Waals surface area contributed by atoms with Gasteiger partial charge in [-0.1, -0.05) is 29.8 Å². The highest BCUT2D eigenvalue weighted by Gasteiger charge is 2.26. The van der Waals surface area contributed by atoms with Crippen LogP contribution < -0.4 is 5.56 Å². The number of nitrogens with zero attached hydrogens (tertiary/aromatic N) is 3. The second-order valence-electron chi connectivity index (χ2n) is 6.46. The molecule has 0 saturated carbocycles. The average molecular weight is 399 g/mol. The van der Waals surface area contributed by atoms with Crippen molar-refractivity contribution in [2.75, 3.05) is 13.1 Å². The lowest BCUT2D eigenvalue weighted by Gasteiger charge is -2.31. The second-order valence-corrected chi connectivity index (χ2v) is 8.01. The third kappa shape index (κ3) is 4.24. The predicted molar refractivity (Wildman–Crippen MR) is 109 cm³/mol. The van der Waals surface area contributed by atoms with E-state index in [9.17, 15) is 4.79 Å². The smallest absolute Gasteiger partial charge is 0.270 e. The second kappa shape index (κ2) is 8.25. The molecule has 1 aromatic carbocycles. The Morgan fingerprint density at radius 3 is 2.48 bits per heavy atom. The van der Waals surface area contributed by atoms with Gasteiger partial charge in [-0.15, -0.1) is 0 Å². The van der Waals surface area contributed by atoms with E-state index in [2.05, 4.69) is 38.5 Å². The Hall–Kier alpha value is -2.15. The first kappa shape index (κ1) is 18.2. The van der Waals surface area contributed by atoms with Gasteiger partial charge in [0.1, 0.15) is 10.8 Å². The fraction of sp³-hybridized carbons (Fsp3) is 0.250. The fourth-order valence-electron chi connectivity index (χ4n) is 3.24. The Bertz CT molecular complexity index is 957. The summed E-state index contributed by atoms with van der Waals surface area (Å²) in [7, 11) is 0. The number of halogens is 1. The van der Waals surface area contributed by atoms with Crippen LogP contribution in [0.25, 0.3) is 11.4 Å². The van der Waals surface area contributed by atoms with Gasteiger partial charge in [0, 0.05) is 41.9 Å². The van der Waals surface area contributed by atoms with Gasteiger partial charge in [0.25, 0.3) is 5.56 Å². The molecule has 3 heterocycles. The molecule has 1 fully saturated rings. The molecule has 0 spiro atoms. The molecule has 0 atom stereocenters. The zero-order chi connectivity index (χ0) is 18.6. The maximum Gasteiger partial charge on any atom is 0.270 e. The van der Waals surface area contributed by atoms with Gasteiger partial charge in [0.05, 0.1) is 5.69 Å². The van der Waals surface area contributed by atoms with Crippen LogP contribution in [-0.2, 0) is 0 Å². The van der Waals surface area contributed by atoms with Crippen molar-refractivity contribution < 1.29 is 0 Å². The number of nitrogens with one attached hydrogen (secondary N) is 1. The summed E-state index contributed by atoms with van der Waals surface area (Å²) >= 11 is 8.09. The van der Waals surface area contributed by atoms with Gasteiger partial charge in [-0.05, 0) is 49.1 Å². The Morgan fingerprint density at radius 1 is 1.07 bits per heavy atom. The lowest BCUT2D eigenvalue weighted by molar-refractivity contribution is 0.342. The van der Waals surface area contributed by atoms with Crippen molar-refractivity contribution in [2.24, 2.45) is 0 Å². The van der Waals surface area contributed by atoms with Crippen LogP contribution in [0.15, 0.2) is 64.5 Å². The quantitative estimate of drug-likeness (QED) is 0.661. The summed E-state index contributed by atoms with van der Waals surface area (Å²) < 4.78 is 2.36. The summed E-state index contributed by atoms with van der Waals surface area (Å²) in [6.07, 6.45) is 5.21. The molecule has 27 heavy (non-hydrogen) atoms. The highest BCUT2D eigenvalue weighted by Crippen LogP contribution is 2.34. The maximum atomic E-state index is 12.3. The Morgan fingerprint density at radius 2 is 1.78 bits per heavy atom. The van der Waals surface area contributed by atoms with E-state index in [1.165, 1.54) is 4.90 Å². The van der Waals surface area contributed by atoms with Crippen molar-refractivity contribution in [1.29, 1.82) is 0 Å². The van der Waals surface area contributed by atoms with Gasteiger partial charge < -0.3 is 4.98 Å². The standard InChI is InChI=1S/C20H19ClN4OS/c21-17-18(23-19(24-20(17)26)15-6-10-22-11-7-15)14-8-12-25(13-9-14)27-16-4-2-1-3-5-16/h1-7,10-11,14H,8-9,12-13H2,(H,23,24,26). The van der Waals surface area contributed by atoms with Crippen LogP contribution in [-0.4, -0.2) is 32.3 Å². The molecule has 1 saturated heterocycles. The van der Waals surface area contributed by atoms with Crippen LogP contribution >= 0.6 is 23.5 Å². The summed E-state index contributed by atoms with van der Waals surface area (Å²) in [6.45, 7) is 1.86. The number of hydrogen-bond acceptors (Lipinski definition) is 5. The Kier molecular flexibility index (Phi) is 5.57. The number of piperidine rings is 1. The van der Waals surface area contributed by atoms with E-state index in [4.69, 9.17) is 16.6 Å². The first-order valence-electron chi connectivity index (χ1n) is 8.89. The molecule has 0 bridgehead atoms. The Balaban J connectivity index is 1.51. The van der Waals surface area contributed by atoms with Crippen molar-refractivity contribution >= 4 is 23.5 Å². The zero-order valence-electron chi connectivity index (χ0n) is 14.6. The number of aromatic amines is 1. The number of pyridine rings is 1. The van der Waals surface area contributed by atoms with Crippen LogP contribution in [0.1, 0.15) is 24.5 Å². The van der Waals surface area contributed by atoms with E-state index in [-0.39, 0.29) is 16.5 Å². The number of rotatable bonds is 4. The first-order chi connectivity index (χ1) is 13.2. The molecule has 1 aliphatic heterocycles. The molecule has 1 aliphatic rings. The third-order valence-corrected chi connectivity index (χ3v) is 6.13. The molecule has 3 aromatic rings. The normalized spacial score (nSPS) is 15.7. The van der Waals surface area contributed by atoms with Crippen molar-refractivity contribution in [2.45, 2.75) is 23.7 Å². The van der Waals surface area contributed by atoms with Crippen LogP contribution in [0.2, 0.25) is 5.02 Å². The van der Waals surface area contributed by atoms with Crippen LogP contribution in [0.5, 0.6) is 0 Å². The van der Waals surface area contributed by atoms with Crippen LogP contribution in [0.4, 0.5) is 0 Å². The van der Waals surface area contributed by atoms with Crippen molar-refractivity contribution in [3.05, 3.63) is 75.9 Å². The molecule has 1 N–H and O–H groups in total. The maximum absolute atomic E-state index is 12.3. The summed E-state index contributed by atoms with van der Waals surface area (Å²) in [6, 6.07) is 14.0. The van der Waals surface area contributed by atoms with E-state index >= 15 is 0 Å². The van der Waals surface area contributed by atoms with Crippen molar-refractivity contribution in [3.63, 3.8) is 0 Å². The number of benzene rings is 1. The molecular formula is C20H19ClN4OS. The molecule has 7 heteroatoms. The molecule has 4 rings (SSSR count). The molecule has 0 aliphatic carbocycles. The molecule has 0 unspecified atom stereocenters. The summed E-state index contributed by atoms with van der Waals surface area (Å²) in [5, 5.41) is 0.210. The van der Waals surface area contributed by atoms with Gasteiger partial charge in [0.15, 0.2) is 0 Å². The minimum atomic E-state index is -0.283. The van der Waals surface area contributed by atoms with Gasteiger partial charge in [0.2, 0.25) is 0 Å². The first-order valence-corrected chi connectivity index (χ1v) is 10.0. The van der Waals surface area contributed by atoms with Crippen LogP contribution in [0, 0.1) is 0 Å². The van der Waals surface area contributed by atoms with Gasteiger partial charge in [-0.2, -0.15) is 0 Å². The van der Waals surface area contributed by atoms with E-state index in [1.807, 2.05) is 18.2 Å². The third-order valence-electron chi connectivity index (χ3n) is 4.66. The zero-order valence-corrected chi connectivity index (χ0v) is 16.2. The lowest BCUT2D eigenvalue weighted by atomic mass is 9.94. The average Bonchev–Trinajstić information content (AvgIpc) is 2.72. The lowest BCUT2D eigenvalue weighted by Crippen LogP contribution is -2.29. The summed E-state index contributed by atoms with van der Waals surface area (Å²) in [5.41, 5.74) is 1.25. The summed E-state index contributed by atoms with van der Waals surface area (Å²) in [4.78, 5) is 25.0. The molecule has 0 radical (unpaired) electrons. The van der Waals surface area contributed by atoms with E-state index < -0.39 is 0 Å². The SMILES string of the molecule is O=c1[nH]c(-c2ccncc2)nc(C2CCN(Sc3ccccc3)CC2)c1Cl. The fourth-order valence-corrected chi connectivity index (χ4v) is 4.46. The van der Waals surface area contributed by atoms with E-state index in [0.717, 1.165) is 31.5 Å². The van der Waals surface area contributed by atoms with Crippen molar-refractivity contribution in [3.8, 4) is 11.4 Å². The summed E-state index contributed by atoms with van der Waals surface area (Å²) in [5.74, 6) is 0.732. The minimum Gasteiger partial charge on any atom is -0.305 e. The van der Waals surface area contributed by atoms with Gasteiger partial charge >= 0.3 is 0 Å². The minimum absolute atomic E-state index is 0.188. The molecular weight excluding hydrogens is 380 g/mol. The van der Waals surface area contributed by atoms with Crippen LogP contribution in [0.3, 0.4) is 0 Å². The van der Waals surface area contributed by atoms with E-state index in [1.54, 1.807) is 24.3 Å². The monoisotopic (exact) mass is 398 g/mol. The largest absolute Gasteiger partial charge is 0.305 e. The predicted octanol–water partition coefficient (Wildman–Crippen LogP) is 4.37.